The third kappa shape index (κ3) is 4.91. The predicted molar refractivity (Wildman–Crippen MR) is 103 cm³/mol. The highest BCUT2D eigenvalue weighted by molar-refractivity contribution is 7.91. The molecule has 1 aromatic carbocycles. The molecule has 2 aromatic rings. The fourth-order valence-electron chi connectivity index (χ4n) is 2.66. The maximum absolute atomic E-state index is 13.2. The van der Waals surface area contributed by atoms with Gasteiger partial charge in [-0.05, 0) is 55.2 Å². The second-order valence-corrected chi connectivity index (χ2v) is 8.60. The van der Waals surface area contributed by atoms with Gasteiger partial charge in [0.25, 0.3) is 0 Å². The van der Waals surface area contributed by atoms with Crippen LogP contribution in [-0.2, 0) is 14.6 Å². The third-order valence-electron chi connectivity index (χ3n) is 4.48. The Morgan fingerprint density at radius 1 is 1.19 bits per heavy atom. The van der Waals surface area contributed by atoms with Gasteiger partial charge in [-0.1, -0.05) is 25.5 Å². The molecule has 0 aliphatic carbocycles. The summed E-state index contributed by atoms with van der Waals surface area (Å²) in [5.74, 6) is -0.129. The van der Waals surface area contributed by atoms with Crippen molar-refractivity contribution in [1.29, 1.82) is 0 Å². The zero-order chi connectivity index (χ0) is 19.2. The largest absolute Gasteiger partial charge is 0.354 e. The Morgan fingerprint density at radius 3 is 2.58 bits per heavy atom. The Kier molecular flexibility index (Phi) is 6.91. The van der Waals surface area contributed by atoms with E-state index in [4.69, 9.17) is 0 Å². The number of nitrogens with one attached hydrogen (secondary N) is 1. The molecule has 2 rings (SSSR count). The zero-order valence-corrected chi connectivity index (χ0v) is 16.3. The van der Waals surface area contributed by atoms with Crippen molar-refractivity contribution in [1.82, 2.24) is 10.3 Å². The molecule has 1 heterocycles. The van der Waals surface area contributed by atoms with Crippen molar-refractivity contribution in [3.05, 3.63) is 59.4 Å². The third-order valence-corrected chi connectivity index (χ3v) is 6.58. The molecule has 5 nitrogen and oxygen atoms in total. The quantitative estimate of drug-likeness (QED) is 0.767. The molecule has 0 saturated carbocycles. The van der Waals surface area contributed by atoms with E-state index in [1.54, 1.807) is 36.7 Å². The Labute approximate surface area is 155 Å². The lowest BCUT2D eigenvalue weighted by molar-refractivity contribution is -0.121. The summed E-state index contributed by atoms with van der Waals surface area (Å²) in [6, 6.07) is 8.56. The van der Waals surface area contributed by atoms with E-state index < -0.39 is 15.1 Å². The fraction of sp³-hybridized carbons (Fsp3) is 0.400. The smallest absolute Gasteiger partial charge is 0.220 e. The summed E-state index contributed by atoms with van der Waals surface area (Å²) >= 11 is 0. The van der Waals surface area contributed by atoms with Crippen LogP contribution in [0.15, 0.2) is 47.6 Å². The number of benzene rings is 1. The van der Waals surface area contributed by atoms with Crippen LogP contribution < -0.4 is 5.32 Å². The van der Waals surface area contributed by atoms with Crippen LogP contribution in [0.4, 0.5) is 0 Å². The summed E-state index contributed by atoms with van der Waals surface area (Å²) in [6.45, 7) is 5.87. The van der Waals surface area contributed by atoms with Crippen molar-refractivity contribution in [2.45, 2.75) is 50.2 Å². The van der Waals surface area contributed by atoms with Crippen LogP contribution >= 0.6 is 0 Å². The van der Waals surface area contributed by atoms with Crippen LogP contribution in [0.5, 0.6) is 0 Å². The second-order valence-electron chi connectivity index (χ2n) is 6.47. The van der Waals surface area contributed by atoms with Crippen LogP contribution in [0.2, 0.25) is 0 Å². The summed E-state index contributed by atoms with van der Waals surface area (Å²) in [4.78, 5) is 16.3. The molecule has 0 radical (unpaired) electrons. The molecule has 140 valence electrons. The van der Waals surface area contributed by atoms with Crippen LogP contribution in [0.25, 0.3) is 0 Å². The molecule has 0 aliphatic rings. The Hall–Kier alpha value is -2.21. The lowest BCUT2D eigenvalue weighted by atomic mass is 10.1. The normalized spacial score (nSPS) is 12.6. The number of nitrogens with zero attached hydrogens (tertiary/aromatic N) is 1. The number of aryl methyl sites for hydroxylation is 2. The Morgan fingerprint density at radius 2 is 1.96 bits per heavy atom. The number of pyridine rings is 1. The molecule has 1 N–H and O–H groups in total. The number of amides is 1. The lowest BCUT2D eigenvalue weighted by Crippen LogP contribution is -2.31. The van der Waals surface area contributed by atoms with Gasteiger partial charge in [-0.25, -0.2) is 8.42 Å². The first-order valence-corrected chi connectivity index (χ1v) is 10.4. The number of rotatable bonds is 8. The Balaban J connectivity index is 2.33. The van der Waals surface area contributed by atoms with Crippen LogP contribution in [0, 0.1) is 13.8 Å². The van der Waals surface area contributed by atoms with E-state index in [9.17, 15) is 13.2 Å². The molecule has 0 spiro atoms. The van der Waals surface area contributed by atoms with E-state index in [1.807, 2.05) is 26.8 Å². The first-order valence-electron chi connectivity index (χ1n) is 8.84. The van der Waals surface area contributed by atoms with E-state index in [0.717, 1.165) is 24.0 Å². The van der Waals surface area contributed by atoms with E-state index in [-0.39, 0.29) is 17.3 Å². The van der Waals surface area contributed by atoms with E-state index in [1.165, 1.54) is 0 Å². The topological polar surface area (TPSA) is 76.1 Å². The standard InChI is InChI=1S/C20H26N2O3S/c1-4-5-8-20(23)22-14-19(17-7-6-11-21-13-17)26(24,25)18-10-9-15(2)16(3)12-18/h6-7,9-13,19H,4-5,8,14H2,1-3H3,(H,22,23)/t19-/m0/s1. The highest BCUT2D eigenvalue weighted by atomic mass is 32.2. The minimum atomic E-state index is -3.66. The monoisotopic (exact) mass is 374 g/mol. The van der Waals surface area contributed by atoms with Gasteiger partial charge in [0, 0.05) is 25.4 Å². The predicted octanol–water partition coefficient (Wildman–Crippen LogP) is 3.52. The van der Waals surface area contributed by atoms with Crippen molar-refractivity contribution >= 4 is 15.7 Å². The first kappa shape index (κ1) is 20.1. The first-order chi connectivity index (χ1) is 12.4. The molecule has 1 amide bonds. The second kappa shape index (κ2) is 8.94. The number of aromatic nitrogens is 1. The molecule has 0 aliphatic heterocycles. The summed E-state index contributed by atoms with van der Waals surface area (Å²) in [6.07, 6.45) is 5.25. The molecule has 1 aromatic heterocycles. The van der Waals surface area contributed by atoms with Gasteiger partial charge in [-0.3, -0.25) is 9.78 Å². The van der Waals surface area contributed by atoms with Crippen molar-refractivity contribution < 1.29 is 13.2 Å². The van der Waals surface area contributed by atoms with Gasteiger partial charge >= 0.3 is 0 Å². The van der Waals surface area contributed by atoms with E-state index >= 15 is 0 Å². The number of carbonyl (C=O) groups excluding carboxylic acids is 1. The fourth-order valence-corrected chi connectivity index (χ4v) is 4.39. The number of hydrogen-bond donors (Lipinski definition) is 1. The summed E-state index contributed by atoms with van der Waals surface area (Å²) in [5, 5.41) is 1.90. The molecule has 26 heavy (non-hydrogen) atoms. The van der Waals surface area contributed by atoms with Crippen LogP contribution in [-0.4, -0.2) is 25.9 Å². The van der Waals surface area contributed by atoms with Gasteiger partial charge in [-0.15, -0.1) is 0 Å². The average Bonchev–Trinajstić information content (AvgIpc) is 2.63. The number of sulfone groups is 1. The minimum Gasteiger partial charge on any atom is -0.354 e. The number of unbranched alkanes of at least 4 members (excludes halogenated alkanes) is 1. The van der Waals surface area contributed by atoms with Crippen molar-refractivity contribution in [2.75, 3.05) is 6.54 Å². The van der Waals surface area contributed by atoms with Crippen LogP contribution in [0.3, 0.4) is 0 Å². The molecule has 0 fully saturated rings. The molecule has 6 heteroatoms. The van der Waals surface area contributed by atoms with Gasteiger partial charge in [0.15, 0.2) is 9.84 Å². The summed E-state index contributed by atoms with van der Waals surface area (Å²) in [5.41, 5.74) is 2.53. The maximum Gasteiger partial charge on any atom is 0.220 e. The maximum atomic E-state index is 13.2. The molecule has 1 atom stereocenters. The highest BCUT2D eigenvalue weighted by Gasteiger charge is 2.30. The van der Waals surface area contributed by atoms with Crippen molar-refractivity contribution in [3.8, 4) is 0 Å². The number of carbonyl (C=O) groups is 1. The molecular weight excluding hydrogens is 348 g/mol. The van der Waals surface area contributed by atoms with Crippen LogP contribution in [0.1, 0.15) is 48.1 Å². The number of hydrogen-bond acceptors (Lipinski definition) is 4. The average molecular weight is 375 g/mol. The minimum absolute atomic E-state index is 0.0312. The molecule has 0 unspecified atom stereocenters. The molecule has 0 bridgehead atoms. The van der Waals surface area contributed by atoms with E-state index in [0.29, 0.717) is 12.0 Å². The summed E-state index contributed by atoms with van der Waals surface area (Å²) in [7, 11) is -3.66. The van der Waals surface area contributed by atoms with Gasteiger partial charge in [0.2, 0.25) is 5.91 Å². The summed E-state index contributed by atoms with van der Waals surface area (Å²) < 4.78 is 26.5. The molecule has 0 saturated heterocycles. The Bertz CT molecular complexity index is 849. The zero-order valence-electron chi connectivity index (χ0n) is 15.5. The van der Waals surface area contributed by atoms with Crippen molar-refractivity contribution in [3.63, 3.8) is 0 Å². The van der Waals surface area contributed by atoms with Crippen molar-refractivity contribution in [2.24, 2.45) is 0 Å². The van der Waals surface area contributed by atoms with E-state index in [2.05, 4.69) is 10.3 Å². The van der Waals surface area contributed by atoms with Gasteiger partial charge in [0.05, 0.1) is 4.90 Å². The molecular formula is C20H26N2O3S. The van der Waals surface area contributed by atoms with Gasteiger partial charge in [-0.2, -0.15) is 0 Å². The highest BCUT2D eigenvalue weighted by Crippen LogP contribution is 2.29. The SMILES string of the molecule is CCCCC(=O)NC[C@@H](c1cccnc1)S(=O)(=O)c1ccc(C)c(C)c1. The van der Waals surface area contributed by atoms with Gasteiger partial charge < -0.3 is 5.32 Å². The lowest BCUT2D eigenvalue weighted by Gasteiger charge is -2.19. The van der Waals surface area contributed by atoms with Gasteiger partial charge in [0.1, 0.15) is 5.25 Å².